The summed E-state index contributed by atoms with van der Waals surface area (Å²) in [5.74, 6) is -6.23. The smallest absolute Gasteiger partial charge is 0.315 e. The number of hydrogen-bond donors (Lipinski definition) is 3. The molecule has 2 unspecified atom stereocenters. The van der Waals surface area contributed by atoms with Gasteiger partial charge >= 0.3 is 6.43 Å². The van der Waals surface area contributed by atoms with Crippen LogP contribution in [-0.2, 0) is 9.59 Å². The van der Waals surface area contributed by atoms with E-state index in [1.54, 1.807) is 24.3 Å². The molecule has 2 amide bonds. The molecule has 0 bridgehead atoms. The van der Waals surface area contributed by atoms with Crippen LogP contribution in [0.25, 0.3) is 0 Å². The minimum absolute atomic E-state index is 0.0285. The van der Waals surface area contributed by atoms with Crippen molar-refractivity contribution in [2.45, 2.75) is 16.7 Å². The van der Waals surface area contributed by atoms with E-state index in [1.807, 2.05) is 0 Å². The predicted octanol–water partition coefficient (Wildman–Crippen LogP) is 7.30. The third-order valence-corrected chi connectivity index (χ3v) is 8.13. The second-order valence-electron chi connectivity index (χ2n) is 8.84. The number of aldehydes is 1. The second kappa shape index (κ2) is 11.4. The summed E-state index contributed by atoms with van der Waals surface area (Å²) in [6.45, 7) is -0.0285. The zero-order chi connectivity index (χ0) is 29.4. The van der Waals surface area contributed by atoms with Crippen molar-refractivity contribution >= 4 is 81.6 Å². The molecule has 2 atom stereocenters. The highest BCUT2D eigenvalue weighted by atomic mass is 35.5. The molecule has 0 heterocycles. The number of hydrogen-bond acceptors (Lipinski definition) is 4. The van der Waals surface area contributed by atoms with Gasteiger partial charge in [-0.25, -0.2) is 8.78 Å². The van der Waals surface area contributed by atoms with Crippen molar-refractivity contribution in [2.75, 3.05) is 22.5 Å². The van der Waals surface area contributed by atoms with Gasteiger partial charge in [-0.3, -0.25) is 9.59 Å². The van der Waals surface area contributed by atoms with Gasteiger partial charge in [0.05, 0.1) is 21.7 Å². The maximum atomic E-state index is 14.8. The molecular formula is C26H17Cl4F4N3O3. The molecule has 4 rings (SSSR count). The summed E-state index contributed by atoms with van der Waals surface area (Å²) in [6.07, 6.45) is -2.87. The van der Waals surface area contributed by atoms with Crippen molar-refractivity contribution in [1.82, 2.24) is 0 Å². The summed E-state index contributed by atoms with van der Waals surface area (Å²) in [6, 6.07) is 12.4. The Balaban J connectivity index is 1.52. The third-order valence-electron chi connectivity index (χ3n) is 6.41. The first-order valence-corrected chi connectivity index (χ1v) is 12.8. The molecule has 3 aromatic rings. The van der Waals surface area contributed by atoms with Crippen LogP contribution in [0.1, 0.15) is 21.8 Å². The minimum atomic E-state index is -3.52. The quantitative estimate of drug-likeness (QED) is 0.131. The normalized spacial score (nSPS) is 19.2. The molecule has 14 heteroatoms. The highest BCUT2D eigenvalue weighted by Gasteiger charge is 2.76. The van der Waals surface area contributed by atoms with Crippen molar-refractivity contribution in [1.29, 1.82) is 0 Å². The zero-order valence-electron chi connectivity index (χ0n) is 19.9. The molecule has 0 spiro atoms. The zero-order valence-corrected chi connectivity index (χ0v) is 22.9. The minimum Gasteiger partial charge on any atom is -0.384 e. The molecule has 0 aromatic heterocycles. The Kier molecular flexibility index (Phi) is 8.56. The third kappa shape index (κ3) is 5.58. The van der Waals surface area contributed by atoms with E-state index in [2.05, 4.69) is 10.6 Å². The van der Waals surface area contributed by atoms with E-state index in [4.69, 9.17) is 46.4 Å². The maximum absolute atomic E-state index is 14.8. The van der Waals surface area contributed by atoms with E-state index in [-0.39, 0.29) is 17.1 Å². The van der Waals surface area contributed by atoms with Crippen LogP contribution >= 0.6 is 46.4 Å². The summed E-state index contributed by atoms with van der Waals surface area (Å²) in [5.41, 5.74) is -2.11. The Morgan fingerprint density at radius 2 is 1.65 bits per heavy atom. The number of rotatable bonds is 9. The molecule has 1 saturated carbocycles. The van der Waals surface area contributed by atoms with Gasteiger partial charge in [-0.1, -0.05) is 58.5 Å². The highest BCUT2D eigenvalue weighted by molar-refractivity contribution is 6.54. The molecule has 0 radical (unpaired) electrons. The topological polar surface area (TPSA) is 87.3 Å². The Hall–Kier alpha value is -3.05. The molecule has 0 saturated heterocycles. The average molecular weight is 637 g/mol. The summed E-state index contributed by atoms with van der Waals surface area (Å²) in [5, 5.41) is 7.06. The van der Waals surface area contributed by atoms with Crippen LogP contribution in [-0.4, -0.2) is 35.4 Å². The van der Waals surface area contributed by atoms with Crippen LogP contribution < -0.4 is 16.0 Å². The van der Waals surface area contributed by atoms with E-state index in [0.29, 0.717) is 28.6 Å². The summed E-state index contributed by atoms with van der Waals surface area (Å²) < 4.78 is 52.4. The van der Waals surface area contributed by atoms with Crippen LogP contribution in [0.15, 0.2) is 54.6 Å². The summed E-state index contributed by atoms with van der Waals surface area (Å²) >= 11 is 25.1. The lowest BCUT2D eigenvalue weighted by Gasteiger charge is -2.16. The first-order chi connectivity index (χ1) is 18.8. The van der Waals surface area contributed by atoms with Crippen molar-refractivity contribution in [2.24, 2.45) is 5.41 Å². The van der Waals surface area contributed by atoms with Gasteiger partial charge in [0.25, 0.3) is 11.8 Å². The number of benzene rings is 3. The van der Waals surface area contributed by atoms with Crippen molar-refractivity contribution in [3.05, 3.63) is 87.4 Å². The number of alkyl halides is 4. The van der Waals surface area contributed by atoms with Gasteiger partial charge in [-0.2, -0.15) is 8.78 Å². The van der Waals surface area contributed by atoms with E-state index >= 15 is 0 Å². The number of anilines is 3. The Labute approximate surface area is 244 Å². The van der Waals surface area contributed by atoms with Gasteiger partial charge in [-0.15, -0.1) is 0 Å². The van der Waals surface area contributed by atoms with Gasteiger partial charge < -0.3 is 20.7 Å². The molecule has 0 aliphatic heterocycles. The molecule has 1 aliphatic carbocycles. The SMILES string of the molecule is O=CC1(CNc2ccc(Cl)c(C(=O)Nc3ccc(F)c(NC(=O)C(F)F)c3F)c2)C(c2ccc(Cl)cc2)C1(Cl)Cl. The van der Waals surface area contributed by atoms with Gasteiger partial charge in [0, 0.05) is 23.2 Å². The van der Waals surface area contributed by atoms with Crippen LogP contribution in [0, 0.1) is 17.0 Å². The average Bonchev–Trinajstić information content (AvgIpc) is 3.41. The number of halogens is 8. The Bertz CT molecular complexity index is 1490. The van der Waals surface area contributed by atoms with E-state index in [0.717, 1.165) is 6.07 Å². The number of amides is 2. The monoisotopic (exact) mass is 635 g/mol. The molecule has 210 valence electrons. The van der Waals surface area contributed by atoms with Gasteiger partial charge in [0.15, 0.2) is 5.82 Å². The molecule has 6 nitrogen and oxygen atoms in total. The van der Waals surface area contributed by atoms with Crippen molar-refractivity contribution in [3.63, 3.8) is 0 Å². The first kappa shape index (κ1) is 29.9. The lowest BCUT2D eigenvalue weighted by atomic mass is 10.00. The summed E-state index contributed by atoms with van der Waals surface area (Å²) in [7, 11) is 0. The fourth-order valence-corrected chi connectivity index (χ4v) is 5.54. The molecular weight excluding hydrogens is 620 g/mol. The van der Waals surface area contributed by atoms with Crippen LogP contribution in [0.5, 0.6) is 0 Å². The number of carbonyl (C=O) groups is 3. The fourth-order valence-electron chi connectivity index (χ4n) is 4.24. The lowest BCUT2D eigenvalue weighted by Crippen LogP contribution is -2.23. The van der Waals surface area contributed by atoms with Gasteiger partial charge in [0.2, 0.25) is 0 Å². The highest BCUT2D eigenvalue weighted by Crippen LogP contribution is 2.73. The summed E-state index contributed by atoms with van der Waals surface area (Å²) in [4.78, 5) is 36.3. The van der Waals surface area contributed by atoms with E-state index in [9.17, 15) is 31.9 Å². The Morgan fingerprint density at radius 1 is 0.975 bits per heavy atom. The van der Waals surface area contributed by atoms with Crippen molar-refractivity contribution < 1.29 is 31.9 Å². The largest absolute Gasteiger partial charge is 0.384 e. The van der Waals surface area contributed by atoms with Crippen LogP contribution in [0.3, 0.4) is 0 Å². The first-order valence-electron chi connectivity index (χ1n) is 11.3. The van der Waals surface area contributed by atoms with E-state index < -0.39 is 56.9 Å². The standard InChI is InChI=1S/C26H17Cl4F4N3O3/c27-13-3-1-12(2-4-13)21-25(11-38,26(21,29)30)10-35-14-5-6-16(28)15(9-14)23(39)36-18-8-7-17(31)20(19(18)32)37-24(40)22(33)34/h1-9,11,21-22,35H,10H2,(H,36,39)(H,37,40). The molecule has 3 aromatic carbocycles. The van der Waals surface area contributed by atoms with Crippen LogP contribution in [0.2, 0.25) is 10.0 Å². The Morgan fingerprint density at radius 3 is 2.27 bits per heavy atom. The van der Waals surface area contributed by atoms with E-state index in [1.165, 1.54) is 23.5 Å². The predicted molar refractivity (Wildman–Crippen MR) is 146 cm³/mol. The molecule has 40 heavy (non-hydrogen) atoms. The number of carbonyl (C=O) groups excluding carboxylic acids is 3. The molecule has 1 fully saturated rings. The number of nitrogens with one attached hydrogen (secondary N) is 3. The molecule has 3 N–H and O–H groups in total. The fraction of sp³-hybridized carbons (Fsp3) is 0.192. The van der Waals surface area contributed by atoms with Gasteiger partial charge in [0.1, 0.15) is 22.1 Å². The maximum Gasteiger partial charge on any atom is 0.315 e. The lowest BCUT2D eigenvalue weighted by molar-refractivity contribution is -0.126. The van der Waals surface area contributed by atoms with Crippen molar-refractivity contribution in [3.8, 4) is 0 Å². The van der Waals surface area contributed by atoms with Crippen LogP contribution in [0.4, 0.5) is 34.6 Å². The van der Waals surface area contributed by atoms with Gasteiger partial charge in [-0.05, 0) is 48.0 Å². The second-order valence-corrected chi connectivity index (χ2v) is 11.1. The molecule has 1 aliphatic rings.